The highest BCUT2D eigenvalue weighted by molar-refractivity contribution is 5.87. The number of fused-ring (bicyclic) bond motifs is 1. The summed E-state index contributed by atoms with van der Waals surface area (Å²) in [6, 6.07) is 3.83. The molecule has 0 aliphatic heterocycles. The van der Waals surface area contributed by atoms with Crippen molar-refractivity contribution in [1.82, 2.24) is 10.3 Å². The first kappa shape index (κ1) is 12.9. The Labute approximate surface area is 109 Å². The normalized spacial score (nSPS) is 12.3. The van der Waals surface area contributed by atoms with Crippen molar-refractivity contribution in [2.45, 2.75) is 19.4 Å². The average Bonchev–Trinajstić information content (AvgIpc) is 2.70. The second kappa shape index (κ2) is 5.01. The fourth-order valence-corrected chi connectivity index (χ4v) is 2.00. The van der Waals surface area contributed by atoms with Crippen LogP contribution in [0.3, 0.4) is 0 Å². The van der Waals surface area contributed by atoms with Gasteiger partial charge in [-0.05, 0) is 23.8 Å². The van der Waals surface area contributed by atoms with Gasteiger partial charge < -0.3 is 20.5 Å². The van der Waals surface area contributed by atoms with E-state index in [2.05, 4.69) is 10.3 Å². The second-order valence-corrected chi connectivity index (χ2v) is 4.34. The van der Waals surface area contributed by atoms with Crippen LogP contribution in [0.1, 0.15) is 12.5 Å². The fourth-order valence-electron chi connectivity index (χ4n) is 2.00. The number of hydrogen-bond donors (Lipinski definition) is 4. The molecule has 2 rings (SSSR count). The Morgan fingerprint density at radius 2 is 2.16 bits per heavy atom. The summed E-state index contributed by atoms with van der Waals surface area (Å²) < 4.78 is 0. The van der Waals surface area contributed by atoms with E-state index in [1.54, 1.807) is 24.4 Å². The van der Waals surface area contributed by atoms with Gasteiger partial charge in [-0.1, -0.05) is 0 Å². The molecule has 19 heavy (non-hydrogen) atoms. The molecule has 0 aliphatic rings. The lowest BCUT2D eigenvalue weighted by molar-refractivity contribution is -0.141. The smallest absolute Gasteiger partial charge is 0.326 e. The van der Waals surface area contributed by atoms with Crippen LogP contribution in [-0.2, 0) is 16.0 Å². The Morgan fingerprint density at radius 3 is 2.79 bits per heavy atom. The van der Waals surface area contributed by atoms with Gasteiger partial charge in [0.1, 0.15) is 11.8 Å². The third-order valence-electron chi connectivity index (χ3n) is 2.85. The molecule has 0 spiro atoms. The van der Waals surface area contributed by atoms with Crippen molar-refractivity contribution in [3.8, 4) is 5.75 Å². The number of nitrogens with one attached hydrogen (secondary N) is 2. The summed E-state index contributed by atoms with van der Waals surface area (Å²) in [7, 11) is 0. The van der Waals surface area contributed by atoms with E-state index in [4.69, 9.17) is 5.11 Å². The molecule has 6 heteroatoms. The number of carbonyl (C=O) groups excluding carboxylic acids is 1. The Bertz CT molecular complexity index is 633. The lowest BCUT2D eigenvalue weighted by Crippen LogP contribution is -2.41. The molecule has 2 aromatic rings. The Morgan fingerprint density at radius 1 is 1.42 bits per heavy atom. The largest absolute Gasteiger partial charge is 0.508 e. The number of carboxylic acid groups (broad SMARTS) is 1. The molecule has 0 unspecified atom stereocenters. The van der Waals surface area contributed by atoms with E-state index in [0.29, 0.717) is 0 Å². The summed E-state index contributed by atoms with van der Waals surface area (Å²) in [6.07, 6.45) is 1.83. The van der Waals surface area contributed by atoms with Crippen LogP contribution in [0.15, 0.2) is 24.4 Å². The molecule has 100 valence electrons. The van der Waals surface area contributed by atoms with E-state index in [1.165, 1.54) is 6.92 Å². The molecule has 0 saturated carbocycles. The van der Waals surface area contributed by atoms with E-state index >= 15 is 0 Å². The monoisotopic (exact) mass is 262 g/mol. The van der Waals surface area contributed by atoms with E-state index in [0.717, 1.165) is 16.5 Å². The van der Waals surface area contributed by atoms with Crippen molar-refractivity contribution in [3.05, 3.63) is 30.0 Å². The van der Waals surface area contributed by atoms with Gasteiger partial charge >= 0.3 is 5.97 Å². The molecule has 0 aliphatic carbocycles. The molecule has 0 saturated heterocycles. The molecule has 1 atom stereocenters. The van der Waals surface area contributed by atoms with Crippen molar-refractivity contribution in [2.24, 2.45) is 0 Å². The molecule has 1 amide bonds. The van der Waals surface area contributed by atoms with E-state index < -0.39 is 17.9 Å². The Hall–Kier alpha value is -2.50. The maximum atomic E-state index is 11.1. The third-order valence-corrected chi connectivity index (χ3v) is 2.85. The van der Waals surface area contributed by atoms with Crippen LogP contribution >= 0.6 is 0 Å². The number of H-pyrrole nitrogens is 1. The van der Waals surface area contributed by atoms with Crippen LogP contribution in [0.2, 0.25) is 0 Å². The van der Waals surface area contributed by atoms with Gasteiger partial charge in [-0.15, -0.1) is 0 Å². The van der Waals surface area contributed by atoms with Crippen LogP contribution in [0.4, 0.5) is 0 Å². The lowest BCUT2D eigenvalue weighted by atomic mass is 10.0. The van der Waals surface area contributed by atoms with Gasteiger partial charge in [0.25, 0.3) is 0 Å². The molecule has 1 heterocycles. The highest BCUT2D eigenvalue weighted by Gasteiger charge is 2.20. The van der Waals surface area contributed by atoms with E-state index in [9.17, 15) is 14.7 Å². The number of amides is 1. The van der Waals surface area contributed by atoms with Gasteiger partial charge in [-0.2, -0.15) is 0 Å². The molecule has 6 nitrogen and oxygen atoms in total. The number of aromatic nitrogens is 1. The SMILES string of the molecule is CC(=O)N[C@H](Cc1c[nH]c2ccc(O)cc12)C(=O)O. The molecular formula is C13H14N2O4. The van der Waals surface area contributed by atoms with Crippen LogP contribution in [-0.4, -0.2) is 33.1 Å². The minimum Gasteiger partial charge on any atom is -0.508 e. The minimum absolute atomic E-state index is 0.111. The quantitative estimate of drug-likeness (QED) is 0.660. The Kier molecular flexibility index (Phi) is 3.41. The van der Waals surface area contributed by atoms with Crippen molar-refractivity contribution in [2.75, 3.05) is 0 Å². The van der Waals surface area contributed by atoms with Crippen molar-refractivity contribution >= 4 is 22.8 Å². The minimum atomic E-state index is -1.09. The summed E-state index contributed by atoms with van der Waals surface area (Å²) in [5.41, 5.74) is 1.53. The van der Waals surface area contributed by atoms with Crippen LogP contribution in [0.25, 0.3) is 10.9 Å². The molecule has 0 radical (unpaired) electrons. The molecule has 4 N–H and O–H groups in total. The van der Waals surface area contributed by atoms with Crippen LogP contribution < -0.4 is 5.32 Å². The second-order valence-electron chi connectivity index (χ2n) is 4.34. The first-order valence-electron chi connectivity index (χ1n) is 5.76. The summed E-state index contributed by atoms with van der Waals surface area (Å²) in [5, 5.41) is 21.7. The van der Waals surface area contributed by atoms with Crippen molar-refractivity contribution in [1.29, 1.82) is 0 Å². The van der Waals surface area contributed by atoms with Gasteiger partial charge in [0, 0.05) is 30.4 Å². The summed E-state index contributed by atoms with van der Waals surface area (Å²) in [4.78, 5) is 25.1. The van der Waals surface area contributed by atoms with Crippen molar-refractivity contribution < 1.29 is 19.8 Å². The number of benzene rings is 1. The van der Waals surface area contributed by atoms with Gasteiger partial charge in [-0.25, -0.2) is 4.79 Å². The molecule has 0 bridgehead atoms. The first-order valence-corrected chi connectivity index (χ1v) is 5.76. The van der Waals surface area contributed by atoms with Crippen molar-refractivity contribution in [3.63, 3.8) is 0 Å². The zero-order valence-electron chi connectivity index (χ0n) is 10.3. The fraction of sp³-hybridized carbons (Fsp3) is 0.231. The predicted octanol–water partition coefficient (Wildman–Crippen LogP) is 1.01. The number of rotatable bonds is 4. The maximum absolute atomic E-state index is 11.1. The van der Waals surface area contributed by atoms with Gasteiger partial charge in [0.05, 0.1) is 0 Å². The molecular weight excluding hydrogens is 248 g/mol. The third kappa shape index (κ3) is 2.85. The highest BCUT2D eigenvalue weighted by Crippen LogP contribution is 2.23. The van der Waals surface area contributed by atoms with Crippen LogP contribution in [0.5, 0.6) is 5.75 Å². The van der Waals surface area contributed by atoms with E-state index in [-0.39, 0.29) is 12.2 Å². The zero-order chi connectivity index (χ0) is 14.0. The number of aromatic hydroxyl groups is 1. The Balaban J connectivity index is 2.31. The summed E-state index contributed by atoms with van der Waals surface area (Å²) in [6.45, 7) is 1.27. The number of carbonyl (C=O) groups is 2. The average molecular weight is 262 g/mol. The number of hydrogen-bond acceptors (Lipinski definition) is 3. The molecule has 1 aromatic heterocycles. The number of aliphatic carboxylic acids is 1. The number of carboxylic acids is 1. The van der Waals surface area contributed by atoms with Gasteiger partial charge in [0.2, 0.25) is 5.91 Å². The highest BCUT2D eigenvalue weighted by atomic mass is 16.4. The summed E-state index contributed by atoms with van der Waals surface area (Å²) >= 11 is 0. The first-order chi connectivity index (χ1) is 8.97. The predicted molar refractivity (Wildman–Crippen MR) is 68.9 cm³/mol. The molecule has 0 fully saturated rings. The lowest BCUT2D eigenvalue weighted by Gasteiger charge is -2.12. The number of phenolic OH excluding ortho intramolecular Hbond substituents is 1. The van der Waals surface area contributed by atoms with E-state index in [1.807, 2.05) is 0 Å². The zero-order valence-corrected chi connectivity index (χ0v) is 10.3. The maximum Gasteiger partial charge on any atom is 0.326 e. The topological polar surface area (TPSA) is 102 Å². The van der Waals surface area contributed by atoms with Gasteiger partial charge in [-0.3, -0.25) is 4.79 Å². The van der Waals surface area contributed by atoms with Gasteiger partial charge in [0.15, 0.2) is 0 Å². The summed E-state index contributed by atoms with van der Waals surface area (Å²) in [5.74, 6) is -1.38. The number of aromatic amines is 1. The standard InChI is InChI=1S/C13H14N2O4/c1-7(16)15-12(13(18)19)4-8-6-14-11-3-2-9(17)5-10(8)11/h2-3,5-6,12,14,17H,4H2,1H3,(H,15,16)(H,18,19)/t12-/m1/s1. The van der Waals surface area contributed by atoms with Crippen LogP contribution in [0, 0.1) is 0 Å². The molecule has 1 aromatic carbocycles. The number of phenols is 1.